The van der Waals surface area contributed by atoms with Crippen LogP contribution in [0, 0.1) is 0 Å². The first kappa shape index (κ1) is 18.0. The van der Waals surface area contributed by atoms with Crippen molar-refractivity contribution in [1.29, 1.82) is 0 Å². The maximum absolute atomic E-state index is 6.35. The summed E-state index contributed by atoms with van der Waals surface area (Å²) in [6.45, 7) is 5.12. The fraction of sp³-hybridized carbons (Fsp3) is 0.417. The highest BCUT2D eigenvalue weighted by Crippen LogP contribution is 2.44. The normalized spacial score (nSPS) is 29.1. The molecule has 154 valence electrons. The van der Waals surface area contributed by atoms with E-state index in [4.69, 9.17) is 14.5 Å². The number of pyridine rings is 1. The Morgan fingerprint density at radius 3 is 2.67 bits per heavy atom. The van der Waals surface area contributed by atoms with E-state index in [1.54, 1.807) is 6.20 Å². The Labute approximate surface area is 176 Å². The van der Waals surface area contributed by atoms with Crippen LogP contribution in [-0.2, 0) is 6.61 Å². The second-order valence-corrected chi connectivity index (χ2v) is 9.48. The van der Waals surface area contributed by atoms with Crippen LogP contribution in [0.1, 0.15) is 45.1 Å². The molecule has 6 nitrogen and oxygen atoms in total. The van der Waals surface area contributed by atoms with Crippen molar-refractivity contribution >= 4 is 0 Å². The SMILES string of the molecule is C[C@]12CC[C@](C)(CC(Oc3ccc4c(n3)OCc3cc(-n5cccn5)ccc3-4)C1)N2. The molecule has 1 unspecified atom stereocenters. The van der Waals surface area contributed by atoms with Crippen LogP contribution < -0.4 is 14.8 Å². The molecule has 1 N–H and O–H groups in total. The second-order valence-electron chi connectivity index (χ2n) is 9.48. The van der Waals surface area contributed by atoms with Gasteiger partial charge in [0, 0.05) is 47.9 Å². The predicted octanol–water partition coefficient (Wildman–Crippen LogP) is 4.27. The van der Waals surface area contributed by atoms with Gasteiger partial charge in [-0.15, -0.1) is 0 Å². The lowest BCUT2D eigenvalue weighted by Gasteiger charge is -2.41. The minimum atomic E-state index is 0.174. The van der Waals surface area contributed by atoms with E-state index in [2.05, 4.69) is 48.5 Å². The third-order valence-corrected chi connectivity index (χ3v) is 6.82. The molecule has 0 aliphatic carbocycles. The molecule has 0 amide bonds. The van der Waals surface area contributed by atoms with Crippen molar-refractivity contribution in [2.24, 2.45) is 0 Å². The van der Waals surface area contributed by atoms with Crippen molar-refractivity contribution in [3.05, 3.63) is 54.4 Å². The molecule has 0 saturated carbocycles. The Hall–Kier alpha value is -2.86. The first-order valence-electron chi connectivity index (χ1n) is 10.7. The number of nitrogens with zero attached hydrogens (tertiary/aromatic N) is 3. The number of piperidine rings is 1. The first-order chi connectivity index (χ1) is 14.5. The van der Waals surface area contributed by atoms with Crippen LogP contribution in [-0.4, -0.2) is 31.9 Å². The zero-order valence-electron chi connectivity index (χ0n) is 17.4. The molecule has 2 aromatic heterocycles. The van der Waals surface area contributed by atoms with Crippen molar-refractivity contribution in [2.75, 3.05) is 0 Å². The van der Waals surface area contributed by atoms with Gasteiger partial charge in [-0.05, 0) is 62.1 Å². The topological polar surface area (TPSA) is 61.2 Å². The van der Waals surface area contributed by atoms with E-state index < -0.39 is 0 Å². The summed E-state index contributed by atoms with van der Waals surface area (Å²) in [5.74, 6) is 1.31. The van der Waals surface area contributed by atoms with E-state index in [1.165, 1.54) is 12.8 Å². The first-order valence-corrected chi connectivity index (χ1v) is 10.7. The van der Waals surface area contributed by atoms with Crippen molar-refractivity contribution in [1.82, 2.24) is 20.1 Å². The molecule has 2 bridgehead atoms. The van der Waals surface area contributed by atoms with Gasteiger partial charge in [0.1, 0.15) is 12.7 Å². The molecule has 0 spiro atoms. The van der Waals surface area contributed by atoms with Gasteiger partial charge in [0.2, 0.25) is 11.8 Å². The Morgan fingerprint density at radius 1 is 1.10 bits per heavy atom. The number of hydrogen-bond donors (Lipinski definition) is 1. The number of rotatable bonds is 3. The maximum atomic E-state index is 6.35. The Kier molecular flexibility index (Phi) is 3.78. The lowest BCUT2D eigenvalue weighted by atomic mass is 9.86. The Balaban J connectivity index is 1.26. The number of hydrogen-bond acceptors (Lipinski definition) is 5. The van der Waals surface area contributed by atoms with Crippen LogP contribution >= 0.6 is 0 Å². The summed E-state index contributed by atoms with van der Waals surface area (Å²) in [7, 11) is 0. The van der Waals surface area contributed by atoms with Gasteiger partial charge in [-0.1, -0.05) is 6.07 Å². The molecule has 2 fully saturated rings. The number of benzene rings is 1. The highest BCUT2D eigenvalue weighted by Gasteiger charge is 2.49. The van der Waals surface area contributed by atoms with Gasteiger partial charge in [0.15, 0.2) is 0 Å². The van der Waals surface area contributed by atoms with Crippen LogP contribution in [0.2, 0.25) is 0 Å². The molecule has 0 radical (unpaired) electrons. The molecule has 3 aromatic rings. The van der Waals surface area contributed by atoms with Gasteiger partial charge in [0.05, 0.1) is 5.69 Å². The molecule has 6 rings (SSSR count). The average molecular weight is 402 g/mol. The van der Waals surface area contributed by atoms with Gasteiger partial charge >= 0.3 is 0 Å². The molecule has 6 heteroatoms. The molecular weight excluding hydrogens is 376 g/mol. The third kappa shape index (κ3) is 2.98. The van der Waals surface area contributed by atoms with Crippen molar-refractivity contribution < 1.29 is 9.47 Å². The highest BCUT2D eigenvalue weighted by atomic mass is 16.5. The summed E-state index contributed by atoms with van der Waals surface area (Å²) in [6.07, 6.45) is 8.36. The van der Waals surface area contributed by atoms with E-state index >= 15 is 0 Å². The predicted molar refractivity (Wildman–Crippen MR) is 114 cm³/mol. The fourth-order valence-electron chi connectivity index (χ4n) is 5.52. The summed E-state index contributed by atoms with van der Waals surface area (Å²) in [5, 5.41) is 8.12. The third-order valence-electron chi connectivity index (χ3n) is 6.82. The van der Waals surface area contributed by atoms with E-state index in [9.17, 15) is 0 Å². The van der Waals surface area contributed by atoms with Crippen molar-refractivity contribution in [2.45, 2.75) is 63.3 Å². The molecular formula is C24H26N4O2. The van der Waals surface area contributed by atoms with Crippen LogP contribution in [0.15, 0.2) is 48.8 Å². The Morgan fingerprint density at radius 2 is 1.90 bits per heavy atom. The van der Waals surface area contributed by atoms with Gasteiger partial charge in [-0.3, -0.25) is 0 Å². The molecule has 30 heavy (non-hydrogen) atoms. The maximum Gasteiger partial charge on any atom is 0.225 e. The number of fused-ring (bicyclic) bond motifs is 5. The monoisotopic (exact) mass is 402 g/mol. The van der Waals surface area contributed by atoms with E-state index in [-0.39, 0.29) is 17.2 Å². The van der Waals surface area contributed by atoms with Crippen LogP contribution in [0.3, 0.4) is 0 Å². The molecule has 3 aliphatic heterocycles. The Bertz CT molecular complexity index is 1090. The van der Waals surface area contributed by atoms with E-state index in [1.807, 2.05) is 23.0 Å². The summed E-state index contributed by atoms with van der Waals surface area (Å²) < 4.78 is 14.2. The molecule has 1 aromatic carbocycles. The van der Waals surface area contributed by atoms with Crippen molar-refractivity contribution in [3.8, 4) is 28.6 Å². The van der Waals surface area contributed by atoms with Crippen LogP contribution in [0.25, 0.3) is 16.8 Å². The van der Waals surface area contributed by atoms with Crippen LogP contribution in [0.5, 0.6) is 11.8 Å². The molecule has 3 aliphatic rings. The summed E-state index contributed by atoms with van der Waals surface area (Å²) in [5.41, 5.74) is 4.69. The highest BCUT2D eigenvalue weighted by molar-refractivity contribution is 5.74. The quantitative estimate of drug-likeness (QED) is 0.709. The zero-order valence-corrected chi connectivity index (χ0v) is 17.4. The number of aromatic nitrogens is 3. The van der Waals surface area contributed by atoms with Gasteiger partial charge in [0.25, 0.3) is 0 Å². The standard InChI is InChI=1S/C24H26N4O2/c1-23-8-9-24(2,27-23)14-18(13-23)30-21-7-6-20-19-5-4-17(28-11-3-10-25-28)12-16(19)15-29-22(20)26-21/h3-7,10-12,18,27H,8-9,13-15H2,1-2H3/t18?,23-,24+. The van der Waals surface area contributed by atoms with Gasteiger partial charge < -0.3 is 14.8 Å². The fourth-order valence-corrected chi connectivity index (χ4v) is 5.52. The lowest BCUT2D eigenvalue weighted by Crippen LogP contribution is -2.56. The van der Waals surface area contributed by atoms with Gasteiger partial charge in [-0.25, -0.2) is 4.68 Å². The lowest BCUT2D eigenvalue weighted by molar-refractivity contribution is 0.0754. The summed E-state index contributed by atoms with van der Waals surface area (Å²) >= 11 is 0. The molecule has 5 heterocycles. The minimum absolute atomic E-state index is 0.174. The summed E-state index contributed by atoms with van der Waals surface area (Å²) in [6, 6.07) is 12.3. The largest absolute Gasteiger partial charge is 0.474 e. The van der Waals surface area contributed by atoms with Crippen molar-refractivity contribution in [3.63, 3.8) is 0 Å². The minimum Gasteiger partial charge on any atom is -0.474 e. The zero-order chi connectivity index (χ0) is 20.3. The smallest absolute Gasteiger partial charge is 0.225 e. The summed E-state index contributed by atoms with van der Waals surface area (Å²) in [4.78, 5) is 4.71. The molecule has 2 saturated heterocycles. The van der Waals surface area contributed by atoms with Gasteiger partial charge in [-0.2, -0.15) is 10.1 Å². The molecule has 3 atom stereocenters. The second kappa shape index (κ2) is 6.32. The number of ether oxygens (including phenoxy) is 2. The average Bonchev–Trinajstić information content (AvgIpc) is 3.33. The number of nitrogens with one attached hydrogen (secondary N) is 1. The van der Waals surface area contributed by atoms with E-state index in [0.29, 0.717) is 18.4 Å². The van der Waals surface area contributed by atoms with E-state index in [0.717, 1.165) is 35.2 Å². The van der Waals surface area contributed by atoms with Crippen LogP contribution in [0.4, 0.5) is 0 Å².